The second-order valence-corrected chi connectivity index (χ2v) is 10.1. The normalized spacial score (nSPS) is 35.5. The quantitative estimate of drug-likeness (QED) is 0.629. The monoisotopic (exact) mass is 476 g/mol. The zero-order valence-corrected chi connectivity index (χ0v) is 20.2. The average Bonchev–Trinajstić information content (AvgIpc) is 3.27. The lowest BCUT2D eigenvalue weighted by Crippen LogP contribution is -2.87. The molecule has 0 saturated carbocycles. The number of benzene rings is 2. The number of nitrogens with zero attached hydrogens (tertiary/aromatic N) is 2. The highest BCUT2D eigenvalue weighted by Crippen LogP contribution is 2.70. The second-order valence-electron chi connectivity index (χ2n) is 10.1. The number of likely N-dealkylation sites (tertiary alicyclic amines) is 1. The van der Waals surface area contributed by atoms with Gasteiger partial charge in [0.1, 0.15) is 11.3 Å². The van der Waals surface area contributed by atoms with Crippen LogP contribution < -0.4 is 14.2 Å². The number of likely N-dealkylation sites (N-methyl/N-ethyl adjacent to an activating group) is 1. The van der Waals surface area contributed by atoms with Gasteiger partial charge < -0.3 is 23.8 Å². The van der Waals surface area contributed by atoms with E-state index in [9.17, 15) is 4.79 Å². The smallest absolute Gasteiger partial charge is 0.278 e. The molecule has 4 aliphatic heterocycles. The van der Waals surface area contributed by atoms with E-state index in [1.54, 1.807) is 50.7 Å². The predicted octanol–water partition coefficient (Wildman–Crippen LogP) is 2.70. The molecule has 2 aliphatic carbocycles. The number of ether oxygens (including phenoxy) is 4. The van der Waals surface area contributed by atoms with E-state index in [1.807, 2.05) is 12.1 Å². The molecule has 8 heteroatoms. The van der Waals surface area contributed by atoms with Crippen molar-refractivity contribution in [2.75, 3.05) is 34.9 Å². The zero-order valence-electron chi connectivity index (χ0n) is 20.2. The van der Waals surface area contributed by atoms with Gasteiger partial charge in [-0.1, -0.05) is 12.1 Å². The predicted molar refractivity (Wildman–Crippen MR) is 126 cm³/mol. The van der Waals surface area contributed by atoms with E-state index < -0.39 is 22.8 Å². The summed E-state index contributed by atoms with van der Waals surface area (Å²) in [6.07, 6.45) is 5.21. The van der Waals surface area contributed by atoms with Gasteiger partial charge in [0, 0.05) is 24.3 Å². The first-order chi connectivity index (χ1) is 17.0. The van der Waals surface area contributed by atoms with E-state index in [0.717, 1.165) is 30.7 Å². The third-order valence-corrected chi connectivity index (χ3v) is 8.93. The SMILES string of the molecule is COc1ccc(C(=O)N2O[C@]3(OC)C=C[C@]24[C@H]2Cc5ccc(OC)c6c5[C@@]4(CCN2C)[C@H]3O6)cc1. The summed E-state index contributed by atoms with van der Waals surface area (Å²) in [5, 5.41) is 1.59. The molecule has 2 saturated heterocycles. The van der Waals surface area contributed by atoms with E-state index in [-0.39, 0.29) is 11.9 Å². The maximum absolute atomic E-state index is 14.2. The van der Waals surface area contributed by atoms with Crippen LogP contribution in [-0.4, -0.2) is 74.3 Å². The Hall–Kier alpha value is -3.07. The molecule has 35 heavy (non-hydrogen) atoms. The minimum absolute atomic E-state index is 0.00259. The highest BCUT2D eigenvalue weighted by atomic mass is 16.8. The Morgan fingerprint density at radius 3 is 2.57 bits per heavy atom. The molecule has 0 N–H and O–H groups in total. The maximum Gasteiger partial charge on any atom is 0.278 e. The summed E-state index contributed by atoms with van der Waals surface area (Å²) >= 11 is 0. The summed E-state index contributed by atoms with van der Waals surface area (Å²) in [7, 11) is 7.00. The second kappa shape index (κ2) is 6.78. The van der Waals surface area contributed by atoms with Crippen LogP contribution in [-0.2, 0) is 21.4 Å². The Kier molecular flexibility index (Phi) is 4.11. The Labute approximate surface area is 203 Å². The van der Waals surface area contributed by atoms with Crippen LogP contribution in [0.3, 0.4) is 0 Å². The summed E-state index contributed by atoms with van der Waals surface area (Å²) in [6, 6.07) is 11.3. The van der Waals surface area contributed by atoms with E-state index in [1.165, 1.54) is 5.56 Å². The van der Waals surface area contributed by atoms with Gasteiger partial charge in [-0.25, -0.2) is 9.90 Å². The molecule has 8 rings (SSSR count). The average molecular weight is 477 g/mol. The fraction of sp³-hybridized carbons (Fsp3) is 0.444. The Morgan fingerprint density at radius 1 is 1.06 bits per heavy atom. The van der Waals surface area contributed by atoms with E-state index in [0.29, 0.717) is 17.1 Å². The van der Waals surface area contributed by atoms with Crippen molar-refractivity contribution in [1.29, 1.82) is 0 Å². The highest BCUT2D eigenvalue weighted by Gasteiger charge is 2.81. The van der Waals surface area contributed by atoms with Crippen LogP contribution in [0.5, 0.6) is 17.2 Å². The zero-order chi connectivity index (χ0) is 24.2. The third kappa shape index (κ3) is 2.22. The summed E-state index contributed by atoms with van der Waals surface area (Å²) < 4.78 is 23.8. The molecular formula is C27H28N2O6. The number of carbonyl (C=O) groups is 1. The molecule has 0 aromatic heterocycles. The standard InChI is InChI=1S/C27H28N2O6/c1-28-14-13-25-21-17-7-10-19(32-3)22(21)34-24(25)27(33-4)12-11-26(25,20(28)15-17)29(35-27)23(30)16-5-8-18(31-2)9-6-16/h5-12,20,24H,13-15H2,1-4H3/t20-,24-,25+,26-,27-/m1/s1. The van der Waals surface area contributed by atoms with Gasteiger partial charge in [0.2, 0.25) is 0 Å². The number of carbonyl (C=O) groups excluding carboxylic acids is 1. The van der Waals surface area contributed by atoms with Crippen LogP contribution in [0.15, 0.2) is 48.6 Å². The van der Waals surface area contributed by atoms with Crippen LogP contribution in [0.2, 0.25) is 0 Å². The Balaban J connectivity index is 1.49. The molecule has 2 fully saturated rings. The third-order valence-electron chi connectivity index (χ3n) is 8.93. The van der Waals surface area contributed by atoms with Crippen molar-refractivity contribution in [3.05, 3.63) is 65.2 Å². The topological polar surface area (TPSA) is 69.7 Å². The first-order valence-electron chi connectivity index (χ1n) is 12.0. The van der Waals surface area contributed by atoms with Crippen LogP contribution >= 0.6 is 0 Å². The van der Waals surface area contributed by atoms with Crippen molar-refractivity contribution in [1.82, 2.24) is 9.96 Å². The van der Waals surface area contributed by atoms with Gasteiger partial charge in [0.25, 0.3) is 11.7 Å². The number of hydroxylamine groups is 2. The lowest BCUT2D eigenvalue weighted by atomic mass is 9.47. The first kappa shape index (κ1) is 21.2. The minimum Gasteiger partial charge on any atom is -0.497 e. The number of piperidine rings is 1. The molecule has 0 unspecified atom stereocenters. The number of fused-ring (bicyclic) bond motifs is 1. The first-order valence-corrected chi connectivity index (χ1v) is 12.0. The molecule has 2 aromatic rings. The fourth-order valence-electron chi connectivity index (χ4n) is 7.39. The lowest BCUT2D eigenvalue weighted by Gasteiger charge is -2.70. The highest BCUT2D eigenvalue weighted by molar-refractivity contribution is 5.95. The van der Waals surface area contributed by atoms with Gasteiger partial charge in [-0.15, -0.1) is 0 Å². The number of amides is 1. The van der Waals surface area contributed by atoms with Gasteiger partial charge in [0.15, 0.2) is 17.6 Å². The van der Waals surface area contributed by atoms with Crippen molar-refractivity contribution in [3.8, 4) is 17.2 Å². The molecule has 5 atom stereocenters. The maximum atomic E-state index is 14.2. The van der Waals surface area contributed by atoms with E-state index in [4.69, 9.17) is 23.8 Å². The molecule has 0 radical (unpaired) electrons. The van der Waals surface area contributed by atoms with E-state index >= 15 is 0 Å². The molecule has 182 valence electrons. The number of rotatable bonds is 4. The summed E-state index contributed by atoms with van der Waals surface area (Å²) in [4.78, 5) is 23.1. The number of hydrogen-bond donors (Lipinski definition) is 0. The van der Waals surface area contributed by atoms with Crippen LogP contribution in [0.1, 0.15) is 27.9 Å². The van der Waals surface area contributed by atoms with Gasteiger partial charge in [0.05, 0.1) is 19.6 Å². The van der Waals surface area contributed by atoms with Crippen molar-refractivity contribution >= 4 is 5.91 Å². The van der Waals surface area contributed by atoms with Gasteiger partial charge >= 0.3 is 0 Å². The van der Waals surface area contributed by atoms with E-state index in [2.05, 4.69) is 24.1 Å². The molecule has 8 nitrogen and oxygen atoms in total. The Bertz CT molecular complexity index is 1280. The van der Waals surface area contributed by atoms with Crippen molar-refractivity contribution in [3.63, 3.8) is 0 Å². The van der Waals surface area contributed by atoms with Crippen molar-refractivity contribution < 1.29 is 28.6 Å². The summed E-state index contributed by atoms with van der Waals surface area (Å²) in [6.45, 7) is 0.876. The van der Waals surface area contributed by atoms with Crippen molar-refractivity contribution in [2.45, 2.75) is 41.7 Å². The molecular weight excluding hydrogens is 448 g/mol. The van der Waals surface area contributed by atoms with Crippen LogP contribution in [0.4, 0.5) is 0 Å². The molecule has 2 aromatic carbocycles. The molecule has 1 amide bonds. The fourth-order valence-corrected chi connectivity index (χ4v) is 7.39. The summed E-state index contributed by atoms with van der Waals surface area (Å²) in [5.74, 6) is 0.671. The molecule has 2 spiro atoms. The molecule has 6 aliphatic rings. The van der Waals surface area contributed by atoms with Gasteiger partial charge in [-0.05, 0) is 68.4 Å². The largest absolute Gasteiger partial charge is 0.497 e. The Morgan fingerprint density at radius 2 is 1.86 bits per heavy atom. The van der Waals surface area contributed by atoms with Crippen LogP contribution in [0, 0.1) is 0 Å². The minimum atomic E-state index is -1.25. The lowest BCUT2D eigenvalue weighted by molar-refractivity contribution is -0.409. The molecule has 4 heterocycles. The van der Waals surface area contributed by atoms with Gasteiger partial charge in [-0.2, -0.15) is 0 Å². The van der Waals surface area contributed by atoms with Gasteiger partial charge in [-0.3, -0.25) is 4.79 Å². The van der Waals surface area contributed by atoms with Crippen LogP contribution in [0.25, 0.3) is 0 Å². The number of methoxy groups -OCH3 is 3. The molecule has 4 bridgehead atoms. The summed E-state index contributed by atoms with van der Waals surface area (Å²) in [5.41, 5.74) is 1.58. The number of hydrogen-bond acceptors (Lipinski definition) is 7. The van der Waals surface area contributed by atoms with Crippen molar-refractivity contribution in [2.24, 2.45) is 0 Å².